The largest absolute Gasteiger partial charge is 0.481 e. The highest BCUT2D eigenvalue weighted by molar-refractivity contribution is 7.12. The Morgan fingerprint density at radius 1 is 1.57 bits per heavy atom. The summed E-state index contributed by atoms with van der Waals surface area (Å²) in [5.41, 5.74) is 0. The minimum Gasteiger partial charge on any atom is -0.481 e. The molecule has 0 amide bonds. The molecule has 0 aliphatic heterocycles. The zero-order chi connectivity index (χ0) is 10.6. The lowest BCUT2D eigenvalue weighted by atomic mass is 9.98. The predicted molar refractivity (Wildman–Crippen MR) is 54.7 cm³/mol. The highest BCUT2D eigenvalue weighted by Crippen LogP contribution is 2.18. The Hall–Kier alpha value is -1.16. The van der Waals surface area contributed by atoms with Crippen LogP contribution in [-0.4, -0.2) is 16.9 Å². The first-order valence-electron chi connectivity index (χ1n) is 4.47. The van der Waals surface area contributed by atoms with Crippen LogP contribution in [-0.2, 0) is 4.79 Å². The number of hydrogen-bond acceptors (Lipinski definition) is 3. The summed E-state index contributed by atoms with van der Waals surface area (Å²) in [6.07, 6.45) is 1.11. The van der Waals surface area contributed by atoms with Gasteiger partial charge >= 0.3 is 5.97 Å². The van der Waals surface area contributed by atoms with Gasteiger partial charge in [-0.05, 0) is 17.9 Å². The summed E-state index contributed by atoms with van der Waals surface area (Å²) < 4.78 is 0. The summed E-state index contributed by atoms with van der Waals surface area (Å²) in [6, 6.07) is 3.42. The normalized spacial score (nSPS) is 12.4. The van der Waals surface area contributed by atoms with E-state index in [-0.39, 0.29) is 5.78 Å². The minimum absolute atomic E-state index is 0.269. The standard InChI is InChI=1S/C10H12O3S/c1-2-4-7(10(12)13)9(11)8-5-3-6-14-8/h3,5-7H,2,4H2,1H3,(H,12,13). The van der Waals surface area contributed by atoms with E-state index in [9.17, 15) is 9.59 Å². The van der Waals surface area contributed by atoms with E-state index >= 15 is 0 Å². The number of carboxylic acid groups (broad SMARTS) is 1. The molecule has 1 aromatic heterocycles. The monoisotopic (exact) mass is 212 g/mol. The quantitative estimate of drug-likeness (QED) is 0.602. The summed E-state index contributed by atoms with van der Waals surface area (Å²) in [7, 11) is 0. The van der Waals surface area contributed by atoms with Crippen molar-refractivity contribution in [2.75, 3.05) is 0 Å². The van der Waals surface area contributed by atoms with E-state index in [1.54, 1.807) is 17.5 Å². The van der Waals surface area contributed by atoms with Crippen molar-refractivity contribution in [2.24, 2.45) is 5.92 Å². The average Bonchev–Trinajstić information content (AvgIpc) is 2.65. The summed E-state index contributed by atoms with van der Waals surface area (Å²) in [5.74, 6) is -2.17. The van der Waals surface area contributed by atoms with Gasteiger partial charge in [0.2, 0.25) is 0 Å². The zero-order valence-corrected chi connectivity index (χ0v) is 8.71. The van der Waals surface area contributed by atoms with Gasteiger partial charge in [-0.2, -0.15) is 0 Å². The van der Waals surface area contributed by atoms with Crippen molar-refractivity contribution >= 4 is 23.1 Å². The molecule has 1 heterocycles. The Morgan fingerprint density at radius 2 is 2.29 bits per heavy atom. The number of hydrogen-bond donors (Lipinski definition) is 1. The first-order valence-corrected chi connectivity index (χ1v) is 5.35. The van der Waals surface area contributed by atoms with E-state index in [4.69, 9.17) is 5.11 Å². The molecule has 0 aliphatic rings. The average molecular weight is 212 g/mol. The molecule has 14 heavy (non-hydrogen) atoms. The SMILES string of the molecule is CCCC(C(=O)O)C(=O)c1cccs1. The first-order chi connectivity index (χ1) is 6.66. The van der Waals surface area contributed by atoms with Crippen molar-refractivity contribution in [1.82, 2.24) is 0 Å². The third-order valence-corrected chi connectivity index (χ3v) is 2.84. The Kier molecular flexibility index (Phi) is 3.83. The van der Waals surface area contributed by atoms with Gasteiger partial charge in [0.15, 0.2) is 5.78 Å². The number of thiophene rings is 1. The molecule has 0 aromatic carbocycles. The molecule has 0 fully saturated rings. The van der Waals surface area contributed by atoms with Crippen molar-refractivity contribution < 1.29 is 14.7 Å². The van der Waals surface area contributed by atoms with Crippen LogP contribution in [0.2, 0.25) is 0 Å². The fraction of sp³-hybridized carbons (Fsp3) is 0.400. The molecule has 1 rings (SSSR count). The van der Waals surface area contributed by atoms with Gasteiger partial charge in [0.1, 0.15) is 5.92 Å². The van der Waals surface area contributed by atoms with Crippen LogP contribution in [0.5, 0.6) is 0 Å². The number of carbonyl (C=O) groups excluding carboxylic acids is 1. The second-order valence-electron chi connectivity index (χ2n) is 3.02. The van der Waals surface area contributed by atoms with Gasteiger partial charge in [-0.15, -0.1) is 11.3 Å². The van der Waals surface area contributed by atoms with E-state index in [1.807, 2.05) is 6.92 Å². The van der Waals surface area contributed by atoms with E-state index in [0.29, 0.717) is 17.7 Å². The van der Waals surface area contributed by atoms with Crippen LogP contribution in [0.4, 0.5) is 0 Å². The molecule has 1 unspecified atom stereocenters. The van der Waals surface area contributed by atoms with Crippen LogP contribution in [0, 0.1) is 5.92 Å². The molecule has 3 nitrogen and oxygen atoms in total. The van der Waals surface area contributed by atoms with E-state index < -0.39 is 11.9 Å². The van der Waals surface area contributed by atoms with Crippen molar-refractivity contribution in [3.63, 3.8) is 0 Å². The maximum atomic E-state index is 11.7. The molecule has 0 saturated carbocycles. The maximum absolute atomic E-state index is 11.7. The lowest BCUT2D eigenvalue weighted by Crippen LogP contribution is -2.23. The molecule has 1 N–H and O–H groups in total. The van der Waals surface area contributed by atoms with E-state index in [2.05, 4.69) is 0 Å². The van der Waals surface area contributed by atoms with Crippen LogP contribution in [0.1, 0.15) is 29.4 Å². The van der Waals surface area contributed by atoms with Gasteiger partial charge < -0.3 is 5.11 Å². The van der Waals surface area contributed by atoms with Gasteiger partial charge in [-0.1, -0.05) is 19.4 Å². The smallest absolute Gasteiger partial charge is 0.314 e. The zero-order valence-electron chi connectivity index (χ0n) is 7.90. The number of ketones is 1. The van der Waals surface area contributed by atoms with Crippen LogP contribution in [0.3, 0.4) is 0 Å². The van der Waals surface area contributed by atoms with Crippen molar-refractivity contribution in [3.05, 3.63) is 22.4 Å². The fourth-order valence-corrected chi connectivity index (χ4v) is 1.97. The summed E-state index contributed by atoms with van der Waals surface area (Å²) in [5, 5.41) is 10.6. The summed E-state index contributed by atoms with van der Waals surface area (Å²) in [6.45, 7) is 1.87. The second kappa shape index (κ2) is 4.91. The van der Waals surface area contributed by atoms with Gasteiger partial charge in [0.25, 0.3) is 0 Å². The molecular weight excluding hydrogens is 200 g/mol. The minimum atomic E-state index is -1.02. The van der Waals surface area contributed by atoms with Gasteiger partial charge in [-0.3, -0.25) is 9.59 Å². The molecule has 0 radical (unpaired) electrons. The first kappa shape index (κ1) is 10.9. The Bertz CT molecular complexity index is 316. The lowest BCUT2D eigenvalue weighted by Gasteiger charge is -2.07. The van der Waals surface area contributed by atoms with Crippen molar-refractivity contribution in [1.29, 1.82) is 0 Å². The van der Waals surface area contributed by atoms with E-state index in [1.165, 1.54) is 11.3 Å². The van der Waals surface area contributed by atoms with E-state index in [0.717, 1.165) is 0 Å². The number of carbonyl (C=O) groups is 2. The Balaban J connectivity index is 2.79. The second-order valence-corrected chi connectivity index (χ2v) is 3.97. The van der Waals surface area contributed by atoms with Crippen LogP contribution in [0.15, 0.2) is 17.5 Å². The molecular formula is C10H12O3S. The maximum Gasteiger partial charge on any atom is 0.314 e. The highest BCUT2D eigenvalue weighted by Gasteiger charge is 2.26. The molecule has 1 aromatic rings. The highest BCUT2D eigenvalue weighted by atomic mass is 32.1. The van der Waals surface area contributed by atoms with Crippen molar-refractivity contribution in [2.45, 2.75) is 19.8 Å². The third-order valence-electron chi connectivity index (χ3n) is 1.96. The Labute approximate surface area is 86.4 Å². The molecule has 0 bridgehead atoms. The third kappa shape index (κ3) is 2.42. The molecule has 4 heteroatoms. The number of Topliss-reactive ketones (excluding diaryl/α,β-unsaturated/α-hetero) is 1. The van der Waals surface area contributed by atoms with Crippen LogP contribution >= 0.6 is 11.3 Å². The van der Waals surface area contributed by atoms with Gasteiger partial charge in [0, 0.05) is 0 Å². The Morgan fingerprint density at radius 3 is 2.71 bits per heavy atom. The number of rotatable bonds is 5. The van der Waals surface area contributed by atoms with Crippen LogP contribution in [0.25, 0.3) is 0 Å². The fourth-order valence-electron chi connectivity index (χ4n) is 1.25. The van der Waals surface area contributed by atoms with Gasteiger partial charge in [0.05, 0.1) is 4.88 Å². The molecule has 0 aliphatic carbocycles. The summed E-state index contributed by atoms with van der Waals surface area (Å²) in [4.78, 5) is 23.0. The van der Waals surface area contributed by atoms with Crippen molar-refractivity contribution in [3.8, 4) is 0 Å². The van der Waals surface area contributed by atoms with Gasteiger partial charge in [-0.25, -0.2) is 0 Å². The lowest BCUT2D eigenvalue weighted by molar-refractivity contribution is -0.140. The molecule has 76 valence electrons. The topological polar surface area (TPSA) is 54.4 Å². The number of aliphatic carboxylic acids is 1. The summed E-state index contributed by atoms with van der Waals surface area (Å²) >= 11 is 1.29. The predicted octanol–water partition coefficient (Wildman–Crippen LogP) is 2.43. The van der Waals surface area contributed by atoms with Crippen LogP contribution < -0.4 is 0 Å². The molecule has 1 atom stereocenters. The molecule has 0 spiro atoms. The molecule has 0 saturated heterocycles. The number of carboxylic acids is 1.